The highest BCUT2D eigenvalue weighted by Gasteiger charge is 2.22. The molecule has 10 rings (SSSR count). The van der Waals surface area contributed by atoms with Gasteiger partial charge in [0.05, 0.1) is 16.1 Å². The Bertz CT molecular complexity index is 2930. The number of hydrogen-bond acceptors (Lipinski definition) is 2. The van der Waals surface area contributed by atoms with Crippen LogP contribution in [0.15, 0.2) is 224 Å². The SMILES string of the molecule is c1ccc(-c2ccc(N(c3ccc(-c4cc(-c5ccccc5)ccc4-c4ccccc4)cc3-c3ccccc3)c3cccc4c3sc3ccccc34)cc2)cc1. The normalized spacial score (nSPS) is 11.2. The maximum absolute atomic E-state index is 2.47. The maximum atomic E-state index is 2.47. The summed E-state index contributed by atoms with van der Waals surface area (Å²) in [4.78, 5) is 2.47. The topological polar surface area (TPSA) is 3.24 Å². The predicted molar refractivity (Wildman–Crippen MR) is 241 cm³/mol. The van der Waals surface area contributed by atoms with Crippen molar-refractivity contribution in [3.8, 4) is 55.6 Å². The second-order valence-electron chi connectivity index (χ2n) is 14.1. The Labute approximate surface area is 332 Å². The number of thiophene rings is 1. The van der Waals surface area contributed by atoms with Gasteiger partial charge in [-0.2, -0.15) is 0 Å². The van der Waals surface area contributed by atoms with Gasteiger partial charge in [-0.15, -0.1) is 11.3 Å². The summed E-state index contributed by atoms with van der Waals surface area (Å²) >= 11 is 1.87. The molecule has 0 amide bonds. The standard InChI is InChI=1S/C54H37NS/c1-5-16-38(17-6-1)40-28-32-45(33-29-40)55(52-26-15-25-48-47-24-13-14-27-53(47)56-54(48)52)51-35-31-44(37-50(51)42-22-11-4-12-23-42)49-36-43(39-18-7-2-8-19-39)30-34-46(49)41-20-9-3-10-21-41/h1-37H. The molecule has 0 atom stereocenters. The zero-order valence-electron chi connectivity index (χ0n) is 30.7. The van der Waals surface area contributed by atoms with Gasteiger partial charge in [-0.25, -0.2) is 0 Å². The van der Waals surface area contributed by atoms with E-state index in [1.165, 1.54) is 70.2 Å². The molecule has 1 aromatic heterocycles. The van der Waals surface area contributed by atoms with Crippen molar-refractivity contribution in [2.24, 2.45) is 0 Å². The summed E-state index contributed by atoms with van der Waals surface area (Å²) in [5.41, 5.74) is 15.3. The molecular formula is C54H37NS. The summed E-state index contributed by atoms with van der Waals surface area (Å²) < 4.78 is 2.56. The summed E-state index contributed by atoms with van der Waals surface area (Å²) in [6.07, 6.45) is 0. The van der Waals surface area contributed by atoms with Gasteiger partial charge in [-0.05, 0) is 92.5 Å². The molecule has 0 radical (unpaired) electrons. The number of benzene rings is 9. The summed E-state index contributed by atoms with van der Waals surface area (Å²) in [6.45, 7) is 0. The first kappa shape index (κ1) is 33.6. The van der Waals surface area contributed by atoms with Crippen LogP contribution in [-0.4, -0.2) is 0 Å². The monoisotopic (exact) mass is 731 g/mol. The first-order chi connectivity index (χ1) is 27.8. The van der Waals surface area contributed by atoms with Crippen molar-refractivity contribution < 1.29 is 0 Å². The number of fused-ring (bicyclic) bond motifs is 3. The van der Waals surface area contributed by atoms with Crippen LogP contribution >= 0.6 is 11.3 Å². The molecule has 0 bridgehead atoms. The highest BCUT2D eigenvalue weighted by molar-refractivity contribution is 7.26. The quantitative estimate of drug-likeness (QED) is 0.150. The van der Waals surface area contributed by atoms with Crippen LogP contribution in [0.3, 0.4) is 0 Å². The minimum absolute atomic E-state index is 1.11. The van der Waals surface area contributed by atoms with Crippen molar-refractivity contribution in [2.45, 2.75) is 0 Å². The molecule has 0 unspecified atom stereocenters. The van der Waals surface area contributed by atoms with Crippen LogP contribution < -0.4 is 4.90 Å². The lowest BCUT2D eigenvalue weighted by Gasteiger charge is -2.29. The molecule has 56 heavy (non-hydrogen) atoms. The number of anilines is 3. The lowest BCUT2D eigenvalue weighted by Crippen LogP contribution is -2.11. The third-order valence-corrected chi connectivity index (χ3v) is 11.9. The van der Waals surface area contributed by atoms with E-state index in [-0.39, 0.29) is 0 Å². The largest absolute Gasteiger partial charge is 0.308 e. The fraction of sp³-hybridized carbons (Fsp3) is 0. The maximum Gasteiger partial charge on any atom is 0.0640 e. The third-order valence-electron chi connectivity index (χ3n) is 10.7. The van der Waals surface area contributed by atoms with Gasteiger partial charge in [-0.1, -0.05) is 182 Å². The second-order valence-corrected chi connectivity index (χ2v) is 15.1. The van der Waals surface area contributed by atoms with Crippen LogP contribution in [0.5, 0.6) is 0 Å². The number of hydrogen-bond donors (Lipinski definition) is 0. The highest BCUT2D eigenvalue weighted by Crippen LogP contribution is 2.48. The predicted octanol–water partition coefficient (Wildman–Crippen LogP) is 15.9. The van der Waals surface area contributed by atoms with Gasteiger partial charge in [0.2, 0.25) is 0 Å². The molecule has 1 heterocycles. The Hall–Kier alpha value is -7.00. The van der Waals surface area contributed by atoms with E-state index in [2.05, 4.69) is 229 Å². The molecule has 0 N–H and O–H groups in total. The zero-order chi connectivity index (χ0) is 37.3. The minimum atomic E-state index is 1.11. The molecule has 10 aromatic rings. The second kappa shape index (κ2) is 14.7. The molecule has 0 saturated heterocycles. The van der Waals surface area contributed by atoms with Gasteiger partial charge in [0.1, 0.15) is 0 Å². The highest BCUT2D eigenvalue weighted by atomic mass is 32.1. The van der Waals surface area contributed by atoms with Gasteiger partial charge in [0.25, 0.3) is 0 Å². The van der Waals surface area contributed by atoms with Crippen molar-refractivity contribution in [1.82, 2.24) is 0 Å². The van der Waals surface area contributed by atoms with Crippen molar-refractivity contribution in [3.05, 3.63) is 224 Å². The van der Waals surface area contributed by atoms with E-state index in [0.29, 0.717) is 0 Å². The third kappa shape index (κ3) is 6.26. The Balaban J connectivity index is 1.22. The van der Waals surface area contributed by atoms with E-state index >= 15 is 0 Å². The van der Waals surface area contributed by atoms with E-state index in [0.717, 1.165) is 22.6 Å². The summed E-state index contributed by atoms with van der Waals surface area (Å²) in [6, 6.07) is 81.4. The number of nitrogens with zero attached hydrogens (tertiary/aromatic N) is 1. The Morgan fingerprint density at radius 2 is 0.786 bits per heavy atom. The van der Waals surface area contributed by atoms with Crippen LogP contribution in [0, 0.1) is 0 Å². The van der Waals surface area contributed by atoms with Gasteiger partial charge in [0.15, 0.2) is 0 Å². The van der Waals surface area contributed by atoms with E-state index < -0.39 is 0 Å². The van der Waals surface area contributed by atoms with Crippen LogP contribution in [0.4, 0.5) is 17.1 Å². The van der Waals surface area contributed by atoms with Crippen molar-refractivity contribution in [1.29, 1.82) is 0 Å². The molecule has 2 heteroatoms. The van der Waals surface area contributed by atoms with Crippen LogP contribution in [0.25, 0.3) is 75.8 Å². The molecule has 0 aliphatic carbocycles. The molecule has 0 saturated carbocycles. The molecule has 1 nitrogen and oxygen atoms in total. The van der Waals surface area contributed by atoms with E-state index in [1.807, 2.05) is 11.3 Å². The van der Waals surface area contributed by atoms with Crippen LogP contribution in [0.2, 0.25) is 0 Å². The van der Waals surface area contributed by atoms with Crippen molar-refractivity contribution in [2.75, 3.05) is 4.90 Å². The summed E-state index contributed by atoms with van der Waals surface area (Å²) in [5, 5.41) is 2.57. The van der Waals surface area contributed by atoms with Gasteiger partial charge in [0, 0.05) is 26.7 Å². The Morgan fingerprint density at radius 3 is 1.46 bits per heavy atom. The fourth-order valence-corrected chi connectivity index (χ4v) is 9.17. The van der Waals surface area contributed by atoms with Gasteiger partial charge in [-0.3, -0.25) is 0 Å². The first-order valence-electron chi connectivity index (χ1n) is 19.1. The Morgan fingerprint density at radius 1 is 0.286 bits per heavy atom. The fourth-order valence-electron chi connectivity index (χ4n) is 7.96. The van der Waals surface area contributed by atoms with Crippen molar-refractivity contribution in [3.63, 3.8) is 0 Å². The van der Waals surface area contributed by atoms with Gasteiger partial charge >= 0.3 is 0 Å². The minimum Gasteiger partial charge on any atom is -0.308 e. The molecule has 0 spiro atoms. The van der Waals surface area contributed by atoms with E-state index in [1.54, 1.807) is 0 Å². The van der Waals surface area contributed by atoms with E-state index in [4.69, 9.17) is 0 Å². The smallest absolute Gasteiger partial charge is 0.0640 e. The average molecular weight is 732 g/mol. The first-order valence-corrected chi connectivity index (χ1v) is 19.9. The summed E-state index contributed by atoms with van der Waals surface area (Å²) in [5.74, 6) is 0. The van der Waals surface area contributed by atoms with Crippen molar-refractivity contribution >= 4 is 48.6 Å². The lowest BCUT2D eigenvalue weighted by atomic mass is 9.89. The molecular weight excluding hydrogens is 695 g/mol. The molecule has 9 aromatic carbocycles. The Kier molecular flexibility index (Phi) is 8.79. The number of rotatable bonds is 8. The average Bonchev–Trinajstić information content (AvgIpc) is 3.67. The zero-order valence-corrected chi connectivity index (χ0v) is 31.5. The van der Waals surface area contributed by atoms with Crippen LogP contribution in [-0.2, 0) is 0 Å². The van der Waals surface area contributed by atoms with Crippen LogP contribution in [0.1, 0.15) is 0 Å². The van der Waals surface area contributed by atoms with Gasteiger partial charge < -0.3 is 4.90 Å². The summed E-state index contributed by atoms with van der Waals surface area (Å²) in [7, 11) is 0. The molecule has 264 valence electrons. The molecule has 0 aliphatic heterocycles. The molecule has 0 aliphatic rings. The van der Waals surface area contributed by atoms with E-state index in [9.17, 15) is 0 Å². The molecule has 0 fully saturated rings. The lowest BCUT2D eigenvalue weighted by molar-refractivity contribution is 1.30.